The molecule has 1 fully saturated rings. The molecule has 0 spiro atoms. The molecular weight excluding hydrogens is 264 g/mol. The van der Waals surface area contributed by atoms with E-state index in [0.717, 1.165) is 26.1 Å². The SMILES string of the molecule is CCCN(Cc1ccc(C)cc1)C(=O)COC1(C)CNC1. The number of amides is 1. The number of carbonyl (C=O) groups is 1. The van der Waals surface area contributed by atoms with Gasteiger partial charge in [0.15, 0.2) is 0 Å². The Bertz CT molecular complexity index is 466. The zero-order chi connectivity index (χ0) is 15.3. The van der Waals surface area contributed by atoms with Gasteiger partial charge in [0.1, 0.15) is 6.61 Å². The van der Waals surface area contributed by atoms with Crippen LogP contribution in [0.5, 0.6) is 0 Å². The number of hydrogen-bond acceptors (Lipinski definition) is 3. The lowest BCUT2D eigenvalue weighted by molar-refractivity contribution is -0.146. The predicted octanol–water partition coefficient (Wildman–Crippen LogP) is 2.11. The van der Waals surface area contributed by atoms with Gasteiger partial charge in [-0.2, -0.15) is 0 Å². The summed E-state index contributed by atoms with van der Waals surface area (Å²) in [5.74, 6) is 0.0746. The van der Waals surface area contributed by atoms with E-state index in [-0.39, 0.29) is 18.1 Å². The molecule has 0 saturated carbocycles. The highest BCUT2D eigenvalue weighted by molar-refractivity contribution is 5.77. The minimum absolute atomic E-state index is 0.0746. The fourth-order valence-corrected chi connectivity index (χ4v) is 2.38. The van der Waals surface area contributed by atoms with Gasteiger partial charge in [-0.3, -0.25) is 4.79 Å². The van der Waals surface area contributed by atoms with Crippen molar-refractivity contribution >= 4 is 5.91 Å². The summed E-state index contributed by atoms with van der Waals surface area (Å²) in [6.45, 7) is 9.45. The van der Waals surface area contributed by atoms with Crippen molar-refractivity contribution in [2.24, 2.45) is 0 Å². The molecule has 116 valence electrons. The maximum Gasteiger partial charge on any atom is 0.248 e. The molecule has 1 heterocycles. The normalized spacial score (nSPS) is 16.3. The molecule has 0 unspecified atom stereocenters. The number of ether oxygens (including phenoxy) is 1. The van der Waals surface area contributed by atoms with E-state index < -0.39 is 0 Å². The van der Waals surface area contributed by atoms with Gasteiger partial charge in [0.25, 0.3) is 0 Å². The number of benzene rings is 1. The third-order valence-corrected chi connectivity index (χ3v) is 3.88. The van der Waals surface area contributed by atoms with Crippen LogP contribution in [-0.4, -0.2) is 42.6 Å². The van der Waals surface area contributed by atoms with Crippen LogP contribution in [-0.2, 0) is 16.1 Å². The Hall–Kier alpha value is -1.39. The molecule has 21 heavy (non-hydrogen) atoms. The van der Waals surface area contributed by atoms with E-state index in [1.54, 1.807) is 0 Å². The summed E-state index contributed by atoms with van der Waals surface area (Å²) < 4.78 is 5.76. The highest BCUT2D eigenvalue weighted by Gasteiger charge is 2.33. The number of aryl methyl sites for hydroxylation is 1. The second-order valence-electron chi connectivity index (χ2n) is 6.14. The monoisotopic (exact) mass is 290 g/mol. The summed E-state index contributed by atoms with van der Waals surface area (Å²) in [6.07, 6.45) is 0.955. The smallest absolute Gasteiger partial charge is 0.248 e. The molecule has 4 heteroatoms. The van der Waals surface area contributed by atoms with Crippen LogP contribution in [0.2, 0.25) is 0 Å². The lowest BCUT2D eigenvalue weighted by atomic mass is 10.0. The van der Waals surface area contributed by atoms with E-state index in [1.165, 1.54) is 11.1 Å². The molecule has 1 saturated heterocycles. The Labute approximate surface area is 127 Å². The summed E-state index contributed by atoms with van der Waals surface area (Å²) in [5.41, 5.74) is 2.23. The first-order valence-corrected chi connectivity index (χ1v) is 7.70. The number of carbonyl (C=O) groups excluding carboxylic acids is 1. The fraction of sp³-hybridized carbons (Fsp3) is 0.588. The molecule has 4 nitrogen and oxygen atoms in total. The molecule has 0 radical (unpaired) electrons. The van der Waals surface area contributed by atoms with Gasteiger partial charge in [0, 0.05) is 26.2 Å². The topological polar surface area (TPSA) is 41.6 Å². The highest BCUT2D eigenvalue weighted by atomic mass is 16.5. The molecule has 1 aromatic rings. The molecule has 0 bridgehead atoms. The highest BCUT2D eigenvalue weighted by Crippen LogP contribution is 2.16. The standard InChI is InChI=1S/C17H26N2O2/c1-4-9-19(10-15-7-5-14(2)6-8-15)16(20)11-21-17(3)12-18-13-17/h5-8,18H,4,9-13H2,1-3H3. The van der Waals surface area contributed by atoms with Crippen LogP contribution in [0.15, 0.2) is 24.3 Å². The summed E-state index contributed by atoms with van der Waals surface area (Å²) in [4.78, 5) is 14.3. The summed E-state index contributed by atoms with van der Waals surface area (Å²) >= 11 is 0. The molecule has 1 aliphatic heterocycles. The van der Waals surface area contributed by atoms with E-state index in [2.05, 4.69) is 43.4 Å². The van der Waals surface area contributed by atoms with Crippen molar-refractivity contribution in [3.8, 4) is 0 Å². The van der Waals surface area contributed by atoms with Gasteiger partial charge in [-0.05, 0) is 25.8 Å². The molecule has 0 aliphatic carbocycles. The van der Waals surface area contributed by atoms with Gasteiger partial charge in [0.2, 0.25) is 5.91 Å². The van der Waals surface area contributed by atoms with Crippen LogP contribution >= 0.6 is 0 Å². The maximum atomic E-state index is 12.4. The first-order chi connectivity index (χ1) is 10.0. The number of nitrogens with zero attached hydrogens (tertiary/aromatic N) is 1. The van der Waals surface area contributed by atoms with Crippen LogP contribution < -0.4 is 5.32 Å². The minimum Gasteiger partial charge on any atom is -0.363 e. The van der Waals surface area contributed by atoms with Crippen LogP contribution in [0.3, 0.4) is 0 Å². The number of hydrogen-bond donors (Lipinski definition) is 1. The zero-order valence-electron chi connectivity index (χ0n) is 13.3. The Morgan fingerprint density at radius 1 is 1.33 bits per heavy atom. The molecule has 0 atom stereocenters. The summed E-state index contributed by atoms with van der Waals surface area (Å²) in [7, 11) is 0. The van der Waals surface area contributed by atoms with Crippen molar-refractivity contribution in [3.63, 3.8) is 0 Å². The Morgan fingerprint density at radius 2 is 2.00 bits per heavy atom. The van der Waals surface area contributed by atoms with Gasteiger partial charge < -0.3 is 15.0 Å². The van der Waals surface area contributed by atoms with Gasteiger partial charge >= 0.3 is 0 Å². The van der Waals surface area contributed by atoms with Crippen LogP contribution in [0.4, 0.5) is 0 Å². The second kappa shape index (κ2) is 7.05. The molecule has 1 N–H and O–H groups in total. The zero-order valence-corrected chi connectivity index (χ0v) is 13.3. The van der Waals surface area contributed by atoms with Crippen LogP contribution in [0.25, 0.3) is 0 Å². The van der Waals surface area contributed by atoms with Crippen LogP contribution in [0.1, 0.15) is 31.4 Å². The van der Waals surface area contributed by atoms with E-state index in [0.29, 0.717) is 6.54 Å². The Balaban J connectivity index is 1.90. The summed E-state index contributed by atoms with van der Waals surface area (Å²) in [5, 5.41) is 3.18. The fourth-order valence-electron chi connectivity index (χ4n) is 2.38. The van der Waals surface area contributed by atoms with Crippen molar-refractivity contribution in [1.29, 1.82) is 0 Å². The third kappa shape index (κ3) is 4.55. The second-order valence-corrected chi connectivity index (χ2v) is 6.14. The average molecular weight is 290 g/mol. The Morgan fingerprint density at radius 3 is 2.52 bits per heavy atom. The Kier molecular flexibility index (Phi) is 5.37. The largest absolute Gasteiger partial charge is 0.363 e. The molecule has 2 rings (SSSR count). The van der Waals surface area contributed by atoms with Crippen molar-refractivity contribution in [2.75, 3.05) is 26.2 Å². The van der Waals surface area contributed by atoms with Crippen LogP contribution in [0, 0.1) is 6.92 Å². The number of nitrogens with one attached hydrogen (secondary N) is 1. The first kappa shape index (κ1) is 16.0. The quantitative estimate of drug-likeness (QED) is 0.836. The lowest BCUT2D eigenvalue weighted by Gasteiger charge is -2.39. The molecule has 0 aromatic heterocycles. The molecular formula is C17H26N2O2. The van der Waals surface area contributed by atoms with E-state index in [4.69, 9.17) is 4.74 Å². The van der Waals surface area contributed by atoms with Crippen molar-refractivity contribution < 1.29 is 9.53 Å². The molecule has 1 aromatic carbocycles. The van der Waals surface area contributed by atoms with E-state index in [1.807, 2.05) is 11.8 Å². The van der Waals surface area contributed by atoms with Crippen molar-refractivity contribution in [1.82, 2.24) is 10.2 Å². The maximum absolute atomic E-state index is 12.4. The molecule has 1 aliphatic rings. The number of rotatable bonds is 7. The van der Waals surface area contributed by atoms with Gasteiger partial charge in [-0.1, -0.05) is 36.8 Å². The van der Waals surface area contributed by atoms with Gasteiger partial charge in [0.05, 0.1) is 5.60 Å². The van der Waals surface area contributed by atoms with Gasteiger partial charge in [-0.15, -0.1) is 0 Å². The van der Waals surface area contributed by atoms with E-state index >= 15 is 0 Å². The average Bonchev–Trinajstić information content (AvgIpc) is 2.44. The van der Waals surface area contributed by atoms with Crippen molar-refractivity contribution in [3.05, 3.63) is 35.4 Å². The predicted molar refractivity (Wildman–Crippen MR) is 84.1 cm³/mol. The lowest BCUT2D eigenvalue weighted by Crippen LogP contribution is -2.59. The minimum atomic E-state index is -0.169. The van der Waals surface area contributed by atoms with Crippen molar-refractivity contribution in [2.45, 2.75) is 39.3 Å². The van der Waals surface area contributed by atoms with Gasteiger partial charge in [-0.25, -0.2) is 0 Å². The third-order valence-electron chi connectivity index (χ3n) is 3.88. The first-order valence-electron chi connectivity index (χ1n) is 7.70. The summed E-state index contributed by atoms with van der Waals surface area (Å²) in [6, 6.07) is 8.34. The van der Waals surface area contributed by atoms with E-state index in [9.17, 15) is 4.79 Å². The molecule has 1 amide bonds.